The monoisotopic (exact) mass is 213 g/mol. The molecule has 0 aliphatic heterocycles. The SMILES string of the molecule is C=CCCNC(CN)CC(=O)NCCC. The molecule has 0 fully saturated rings. The van der Waals surface area contributed by atoms with Crippen LogP contribution in [0.3, 0.4) is 0 Å². The molecule has 0 radical (unpaired) electrons. The molecule has 4 nitrogen and oxygen atoms in total. The number of carbonyl (C=O) groups is 1. The minimum atomic E-state index is 0.0680. The standard InChI is InChI=1S/C11H23N3O/c1-3-5-7-13-10(9-12)8-11(15)14-6-4-2/h3,10,13H,1,4-9,12H2,2H3,(H,14,15). The normalized spacial score (nSPS) is 12.1. The summed E-state index contributed by atoms with van der Waals surface area (Å²) in [5, 5.41) is 6.05. The summed E-state index contributed by atoms with van der Waals surface area (Å²) in [6.45, 7) is 7.71. The first-order valence-corrected chi connectivity index (χ1v) is 5.55. The van der Waals surface area contributed by atoms with Crippen LogP contribution in [-0.2, 0) is 4.79 Å². The minimum Gasteiger partial charge on any atom is -0.356 e. The van der Waals surface area contributed by atoms with Crippen molar-refractivity contribution in [3.63, 3.8) is 0 Å². The van der Waals surface area contributed by atoms with Gasteiger partial charge in [-0.3, -0.25) is 4.79 Å². The second-order valence-electron chi connectivity index (χ2n) is 3.52. The number of rotatable bonds is 9. The molecule has 0 aromatic carbocycles. The Bertz CT molecular complexity index is 183. The molecule has 1 atom stereocenters. The van der Waals surface area contributed by atoms with Crippen molar-refractivity contribution >= 4 is 5.91 Å². The zero-order valence-electron chi connectivity index (χ0n) is 9.59. The van der Waals surface area contributed by atoms with Gasteiger partial charge in [-0.05, 0) is 19.4 Å². The largest absolute Gasteiger partial charge is 0.356 e. The summed E-state index contributed by atoms with van der Waals surface area (Å²) in [6.07, 6.45) is 4.15. The van der Waals surface area contributed by atoms with Crippen molar-refractivity contribution in [1.29, 1.82) is 0 Å². The zero-order chi connectivity index (χ0) is 11.5. The summed E-state index contributed by atoms with van der Waals surface area (Å²) in [5.41, 5.74) is 5.56. The Morgan fingerprint density at radius 3 is 2.80 bits per heavy atom. The summed E-state index contributed by atoms with van der Waals surface area (Å²) in [6, 6.07) is 0.0711. The van der Waals surface area contributed by atoms with Crippen LogP contribution in [0.25, 0.3) is 0 Å². The molecule has 4 N–H and O–H groups in total. The maximum atomic E-state index is 11.4. The van der Waals surface area contributed by atoms with E-state index in [0.29, 0.717) is 13.0 Å². The fourth-order valence-corrected chi connectivity index (χ4v) is 1.19. The Balaban J connectivity index is 3.66. The fraction of sp³-hybridized carbons (Fsp3) is 0.727. The number of nitrogens with two attached hydrogens (primary N) is 1. The highest BCUT2D eigenvalue weighted by Gasteiger charge is 2.10. The van der Waals surface area contributed by atoms with E-state index >= 15 is 0 Å². The van der Waals surface area contributed by atoms with E-state index in [4.69, 9.17) is 5.73 Å². The number of hydrogen-bond donors (Lipinski definition) is 3. The van der Waals surface area contributed by atoms with E-state index in [0.717, 1.165) is 25.9 Å². The predicted molar refractivity (Wildman–Crippen MR) is 63.6 cm³/mol. The molecule has 0 saturated heterocycles. The second-order valence-corrected chi connectivity index (χ2v) is 3.52. The lowest BCUT2D eigenvalue weighted by Gasteiger charge is -2.15. The van der Waals surface area contributed by atoms with E-state index in [1.165, 1.54) is 0 Å². The van der Waals surface area contributed by atoms with E-state index in [2.05, 4.69) is 17.2 Å². The molecule has 0 rings (SSSR count). The molecular formula is C11H23N3O. The van der Waals surface area contributed by atoms with Crippen LogP contribution in [0.5, 0.6) is 0 Å². The van der Waals surface area contributed by atoms with Crippen molar-refractivity contribution < 1.29 is 4.79 Å². The lowest BCUT2D eigenvalue weighted by Crippen LogP contribution is -2.41. The van der Waals surface area contributed by atoms with Gasteiger partial charge in [0.2, 0.25) is 5.91 Å². The topological polar surface area (TPSA) is 67.1 Å². The molecule has 15 heavy (non-hydrogen) atoms. The summed E-state index contributed by atoms with van der Waals surface area (Å²) < 4.78 is 0. The number of nitrogens with one attached hydrogen (secondary N) is 2. The van der Waals surface area contributed by atoms with Gasteiger partial charge in [0.15, 0.2) is 0 Å². The third-order valence-corrected chi connectivity index (χ3v) is 2.07. The van der Waals surface area contributed by atoms with Crippen LogP contribution >= 0.6 is 0 Å². The van der Waals surface area contributed by atoms with Gasteiger partial charge in [-0.15, -0.1) is 6.58 Å². The lowest BCUT2D eigenvalue weighted by atomic mass is 10.2. The van der Waals surface area contributed by atoms with Gasteiger partial charge in [-0.25, -0.2) is 0 Å². The highest BCUT2D eigenvalue weighted by atomic mass is 16.1. The maximum absolute atomic E-state index is 11.4. The fourth-order valence-electron chi connectivity index (χ4n) is 1.19. The van der Waals surface area contributed by atoms with Gasteiger partial charge in [0.1, 0.15) is 0 Å². The molecule has 0 spiro atoms. The quantitative estimate of drug-likeness (QED) is 0.383. The van der Waals surface area contributed by atoms with E-state index < -0.39 is 0 Å². The minimum absolute atomic E-state index is 0.0680. The summed E-state index contributed by atoms with van der Waals surface area (Å²) in [4.78, 5) is 11.4. The first-order chi connectivity index (χ1) is 7.24. The maximum Gasteiger partial charge on any atom is 0.221 e. The van der Waals surface area contributed by atoms with Crippen molar-refractivity contribution in [3.8, 4) is 0 Å². The van der Waals surface area contributed by atoms with Crippen LogP contribution in [0.4, 0.5) is 0 Å². The lowest BCUT2D eigenvalue weighted by molar-refractivity contribution is -0.121. The summed E-state index contributed by atoms with van der Waals surface area (Å²) in [7, 11) is 0. The molecule has 0 saturated carbocycles. The molecule has 0 aliphatic rings. The third-order valence-electron chi connectivity index (χ3n) is 2.07. The molecule has 4 heteroatoms. The molecule has 0 aromatic rings. The van der Waals surface area contributed by atoms with Crippen molar-refractivity contribution in [2.75, 3.05) is 19.6 Å². The molecule has 0 heterocycles. The van der Waals surface area contributed by atoms with Crippen LogP contribution < -0.4 is 16.4 Å². The Hall–Kier alpha value is -0.870. The second kappa shape index (κ2) is 9.68. The van der Waals surface area contributed by atoms with E-state index in [-0.39, 0.29) is 11.9 Å². The molecule has 88 valence electrons. The van der Waals surface area contributed by atoms with E-state index in [1.807, 2.05) is 13.0 Å². The van der Waals surface area contributed by atoms with Crippen LogP contribution in [0.1, 0.15) is 26.2 Å². The molecule has 1 unspecified atom stereocenters. The molecule has 0 aliphatic carbocycles. The van der Waals surface area contributed by atoms with Gasteiger partial charge in [0, 0.05) is 25.6 Å². The van der Waals surface area contributed by atoms with Crippen LogP contribution in [0.15, 0.2) is 12.7 Å². The average molecular weight is 213 g/mol. The summed E-state index contributed by atoms with van der Waals surface area (Å²) in [5.74, 6) is 0.0680. The van der Waals surface area contributed by atoms with Gasteiger partial charge < -0.3 is 16.4 Å². The van der Waals surface area contributed by atoms with Crippen LogP contribution in [0.2, 0.25) is 0 Å². The van der Waals surface area contributed by atoms with E-state index in [1.54, 1.807) is 0 Å². The van der Waals surface area contributed by atoms with Gasteiger partial charge in [0.05, 0.1) is 0 Å². The number of carbonyl (C=O) groups excluding carboxylic acids is 1. The molecule has 0 bridgehead atoms. The zero-order valence-corrected chi connectivity index (χ0v) is 9.59. The molecule has 0 aromatic heterocycles. The Kier molecular flexibility index (Phi) is 9.11. The molecular weight excluding hydrogens is 190 g/mol. The van der Waals surface area contributed by atoms with Crippen LogP contribution in [0, 0.1) is 0 Å². The number of amides is 1. The first-order valence-electron chi connectivity index (χ1n) is 5.55. The third kappa shape index (κ3) is 8.15. The Labute approximate surface area is 92.3 Å². The van der Waals surface area contributed by atoms with Gasteiger partial charge >= 0.3 is 0 Å². The summed E-state index contributed by atoms with van der Waals surface area (Å²) >= 11 is 0. The number of hydrogen-bond acceptors (Lipinski definition) is 3. The van der Waals surface area contributed by atoms with Crippen molar-refractivity contribution in [1.82, 2.24) is 10.6 Å². The smallest absolute Gasteiger partial charge is 0.221 e. The molecule has 1 amide bonds. The highest BCUT2D eigenvalue weighted by molar-refractivity contribution is 5.76. The van der Waals surface area contributed by atoms with Gasteiger partial charge in [-0.1, -0.05) is 13.0 Å². The Morgan fingerprint density at radius 1 is 1.53 bits per heavy atom. The van der Waals surface area contributed by atoms with Crippen molar-refractivity contribution in [3.05, 3.63) is 12.7 Å². The Morgan fingerprint density at radius 2 is 2.27 bits per heavy atom. The van der Waals surface area contributed by atoms with Gasteiger partial charge in [0.25, 0.3) is 0 Å². The van der Waals surface area contributed by atoms with Crippen molar-refractivity contribution in [2.45, 2.75) is 32.2 Å². The predicted octanol–water partition coefficient (Wildman–Crippen LogP) is 0.396. The van der Waals surface area contributed by atoms with E-state index in [9.17, 15) is 4.79 Å². The van der Waals surface area contributed by atoms with Gasteiger partial charge in [-0.2, -0.15) is 0 Å². The first kappa shape index (κ1) is 14.1. The average Bonchev–Trinajstić information content (AvgIpc) is 2.25. The van der Waals surface area contributed by atoms with Crippen molar-refractivity contribution in [2.24, 2.45) is 5.73 Å². The highest BCUT2D eigenvalue weighted by Crippen LogP contribution is 1.91. The van der Waals surface area contributed by atoms with Crippen LogP contribution in [-0.4, -0.2) is 31.6 Å².